The molecule has 0 aliphatic heterocycles. The van der Waals surface area contributed by atoms with Gasteiger partial charge < -0.3 is 5.32 Å². The molecule has 5 aromatic rings. The second kappa shape index (κ2) is 9.70. The van der Waals surface area contributed by atoms with Crippen LogP contribution in [0, 0.1) is 0 Å². The predicted octanol–water partition coefficient (Wildman–Crippen LogP) is 6.73. The molecule has 0 saturated heterocycles. The summed E-state index contributed by atoms with van der Waals surface area (Å²) in [4.78, 5) is 28.1. The van der Waals surface area contributed by atoms with Crippen LogP contribution in [0.4, 0.5) is 22.7 Å². The molecule has 0 amide bonds. The zero-order valence-corrected chi connectivity index (χ0v) is 21.4. The minimum absolute atomic E-state index is 0.0305. The van der Waals surface area contributed by atoms with Gasteiger partial charge in [-0.3, -0.25) is 9.59 Å². The highest BCUT2D eigenvalue weighted by molar-refractivity contribution is 7.93. The Hall–Kier alpha value is -5.01. The Morgan fingerprint density at radius 3 is 1.67 bits per heavy atom. The molecule has 0 radical (unpaired) electrons. The number of nitrogens with one attached hydrogen (secondary N) is 1. The summed E-state index contributed by atoms with van der Waals surface area (Å²) in [5.74, 6) is -0.776. The predicted molar refractivity (Wildman–Crippen MR) is 152 cm³/mol. The third kappa shape index (κ3) is 4.19. The highest BCUT2D eigenvalue weighted by atomic mass is 32.2. The maximum atomic E-state index is 14.1. The van der Waals surface area contributed by atoms with Gasteiger partial charge in [0.25, 0.3) is 10.0 Å². The quantitative estimate of drug-likeness (QED) is 0.258. The standard InChI is InChI=1S/C32H22N2O4S/c35-31-25-18-10-11-19-26(25)32(36)30-28(21-20-27(29(30)31)33-22-12-4-1-5-13-22)34(23-14-6-2-7-15-23)39(37,38)24-16-8-3-9-17-24/h1-21,33H. The van der Waals surface area contributed by atoms with Crippen molar-refractivity contribution in [1.29, 1.82) is 0 Å². The van der Waals surface area contributed by atoms with Crippen LogP contribution in [0.1, 0.15) is 31.8 Å². The SMILES string of the molecule is O=C1c2ccccc2C(=O)c2c(N(c3ccccc3)S(=O)(=O)c3ccccc3)ccc(Nc3ccccc3)c21. The number of carbonyl (C=O) groups excluding carboxylic acids is 2. The van der Waals surface area contributed by atoms with Crippen LogP contribution in [-0.2, 0) is 10.0 Å². The van der Waals surface area contributed by atoms with Crippen molar-refractivity contribution in [3.8, 4) is 0 Å². The lowest BCUT2D eigenvalue weighted by atomic mass is 9.82. The monoisotopic (exact) mass is 530 g/mol. The number of carbonyl (C=O) groups is 2. The molecule has 5 aromatic carbocycles. The number of benzene rings is 5. The molecule has 1 aliphatic carbocycles. The van der Waals surface area contributed by atoms with Crippen molar-refractivity contribution in [3.05, 3.63) is 150 Å². The number of para-hydroxylation sites is 2. The molecule has 0 unspecified atom stereocenters. The van der Waals surface area contributed by atoms with Crippen molar-refractivity contribution in [2.75, 3.05) is 9.62 Å². The Kier molecular flexibility index (Phi) is 6.05. The average Bonchev–Trinajstić information content (AvgIpc) is 2.98. The molecule has 0 atom stereocenters. The molecule has 6 rings (SSSR count). The van der Waals surface area contributed by atoms with Crippen LogP contribution in [0.25, 0.3) is 0 Å². The molecule has 0 bridgehead atoms. The van der Waals surface area contributed by atoms with Gasteiger partial charge in [0.1, 0.15) is 0 Å². The van der Waals surface area contributed by atoms with E-state index in [-0.39, 0.29) is 38.6 Å². The first-order chi connectivity index (χ1) is 19.0. The number of sulfonamides is 1. The van der Waals surface area contributed by atoms with Gasteiger partial charge in [0.15, 0.2) is 11.6 Å². The summed E-state index contributed by atoms with van der Waals surface area (Å²) >= 11 is 0. The van der Waals surface area contributed by atoms with E-state index in [2.05, 4.69) is 5.32 Å². The molecule has 7 heteroatoms. The molecule has 0 heterocycles. The summed E-state index contributed by atoms with van der Waals surface area (Å²) in [5.41, 5.74) is 2.25. The lowest BCUT2D eigenvalue weighted by Gasteiger charge is -2.30. The Bertz CT molecular complexity index is 1820. The van der Waals surface area contributed by atoms with Crippen LogP contribution in [-0.4, -0.2) is 20.0 Å². The van der Waals surface area contributed by atoms with Gasteiger partial charge in [0.2, 0.25) is 0 Å². The summed E-state index contributed by atoms with van der Waals surface area (Å²) in [7, 11) is -4.18. The van der Waals surface area contributed by atoms with Crippen LogP contribution >= 0.6 is 0 Å². The van der Waals surface area contributed by atoms with Gasteiger partial charge in [-0.25, -0.2) is 12.7 Å². The second-order valence-electron chi connectivity index (χ2n) is 9.00. The number of rotatable bonds is 6. The fraction of sp³-hybridized carbons (Fsp3) is 0. The van der Waals surface area contributed by atoms with Gasteiger partial charge in [-0.15, -0.1) is 0 Å². The lowest BCUT2D eigenvalue weighted by Crippen LogP contribution is -2.31. The molecule has 190 valence electrons. The van der Waals surface area contributed by atoms with E-state index in [9.17, 15) is 18.0 Å². The molecule has 1 N–H and O–H groups in total. The molecule has 0 spiro atoms. The van der Waals surface area contributed by atoms with Crippen molar-refractivity contribution in [2.45, 2.75) is 4.90 Å². The fourth-order valence-corrected chi connectivity index (χ4v) is 6.35. The van der Waals surface area contributed by atoms with E-state index in [0.29, 0.717) is 11.4 Å². The summed E-state index contributed by atoms with van der Waals surface area (Å²) in [5, 5.41) is 3.25. The van der Waals surface area contributed by atoms with Gasteiger partial charge >= 0.3 is 0 Å². The largest absolute Gasteiger partial charge is 0.355 e. The average molecular weight is 531 g/mol. The summed E-state index contributed by atoms with van der Waals surface area (Å²) in [6.07, 6.45) is 0. The van der Waals surface area contributed by atoms with Crippen LogP contribution < -0.4 is 9.62 Å². The van der Waals surface area contributed by atoms with Crippen molar-refractivity contribution < 1.29 is 18.0 Å². The first-order valence-electron chi connectivity index (χ1n) is 12.3. The van der Waals surface area contributed by atoms with Crippen LogP contribution in [0.2, 0.25) is 0 Å². The first kappa shape index (κ1) is 24.3. The summed E-state index contributed by atoms with van der Waals surface area (Å²) in [6.45, 7) is 0. The van der Waals surface area contributed by atoms with Gasteiger partial charge in [0, 0.05) is 16.8 Å². The van der Waals surface area contributed by atoms with Crippen molar-refractivity contribution in [2.24, 2.45) is 0 Å². The topological polar surface area (TPSA) is 83.6 Å². The Balaban J connectivity index is 1.65. The molecular formula is C32H22N2O4S. The van der Waals surface area contributed by atoms with Crippen molar-refractivity contribution >= 4 is 44.3 Å². The smallest absolute Gasteiger partial charge is 0.268 e. The van der Waals surface area contributed by atoms with Crippen LogP contribution in [0.5, 0.6) is 0 Å². The van der Waals surface area contributed by atoms with Crippen LogP contribution in [0.3, 0.4) is 0 Å². The van der Waals surface area contributed by atoms with Gasteiger partial charge in [-0.05, 0) is 48.5 Å². The minimum atomic E-state index is -4.18. The van der Waals surface area contributed by atoms with E-state index in [1.54, 1.807) is 84.9 Å². The summed E-state index contributed by atoms with van der Waals surface area (Å²) in [6, 6.07) is 35.7. The van der Waals surface area contributed by atoms with E-state index < -0.39 is 15.8 Å². The number of hydrogen-bond acceptors (Lipinski definition) is 5. The number of ketones is 2. The van der Waals surface area contributed by atoms with E-state index in [4.69, 9.17) is 0 Å². The highest BCUT2D eigenvalue weighted by Crippen LogP contribution is 2.43. The number of hydrogen-bond donors (Lipinski definition) is 1. The Morgan fingerprint density at radius 2 is 1.05 bits per heavy atom. The second-order valence-corrected chi connectivity index (χ2v) is 10.8. The molecule has 0 aromatic heterocycles. The fourth-order valence-electron chi connectivity index (χ4n) is 4.82. The zero-order chi connectivity index (χ0) is 27.0. The van der Waals surface area contributed by atoms with E-state index in [1.165, 1.54) is 12.1 Å². The zero-order valence-electron chi connectivity index (χ0n) is 20.6. The molecule has 39 heavy (non-hydrogen) atoms. The molecule has 0 saturated carbocycles. The number of fused-ring (bicyclic) bond motifs is 2. The van der Waals surface area contributed by atoms with Gasteiger partial charge in [-0.1, -0.05) is 78.9 Å². The van der Waals surface area contributed by atoms with Gasteiger partial charge in [0.05, 0.1) is 33.1 Å². The number of anilines is 4. The van der Waals surface area contributed by atoms with E-state index >= 15 is 0 Å². The molecule has 6 nitrogen and oxygen atoms in total. The Labute approximate surface area is 226 Å². The third-order valence-electron chi connectivity index (χ3n) is 6.60. The first-order valence-corrected chi connectivity index (χ1v) is 13.7. The maximum absolute atomic E-state index is 14.1. The van der Waals surface area contributed by atoms with Crippen molar-refractivity contribution in [3.63, 3.8) is 0 Å². The molecule has 1 aliphatic rings. The van der Waals surface area contributed by atoms with Crippen molar-refractivity contribution in [1.82, 2.24) is 0 Å². The molecule has 0 fully saturated rings. The van der Waals surface area contributed by atoms with E-state index in [0.717, 1.165) is 9.99 Å². The molecular weight excluding hydrogens is 508 g/mol. The lowest BCUT2D eigenvalue weighted by molar-refractivity contribution is 0.0980. The summed E-state index contributed by atoms with van der Waals surface area (Å²) < 4.78 is 29.4. The third-order valence-corrected chi connectivity index (χ3v) is 8.35. The highest BCUT2D eigenvalue weighted by Gasteiger charge is 2.38. The normalized spacial score (nSPS) is 12.4. The Morgan fingerprint density at radius 1 is 0.538 bits per heavy atom. The van der Waals surface area contributed by atoms with Crippen LogP contribution in [0.15, 0.2) is 132 Å². The minimum Gasteiger partial charge on any atom is -0.355 e. The van der Waals surface area contributed by atoms with Gasteiger partial charge in [-0.2, -0.15) is 0 Å². The number of nitrogens with zero attached hydrogens (tertiary/aromatic N) is 1. The maximum Gasteiger partial charge on any atom is 0.268 e. The van der Waals surface area contributed by atoms with E-state index in [1.807, 2.05) is 30.3 Å².